The molecule has 1 unspecified atom stereocenters. The maximum absolute atomic E-state index is 11.1. The Morgan fingerprint density at radius 2 is 2.29 bits per heavy atom. The molecule has 5 heteroatoms. The monoisotopic (exact) mass is 215 g/mol. The molecule has 0 aromatic heterocycles. The Morgan fingerprint density at radius 3 is 3.00 bits per heavy atom. The normalized spacial score (nSPS) is 27.1. The van der Waals surface area contributed by atoms with Gasteiger partial charge in [0.15, 0.2) is 0 Å². The van der Waals surface area contributed by atoms with E-state index in [1.807, 2.05) is 12.2 Å². The molecule has 0 saturated carbocycles. The number of rotatable bonds is 1. The fourth-order valence-corrected chi connectivity index (χ4v) is 2.91. The van der Waals surface area contributed by atoms with Gasteiger partial charge in [0.25, 0.3) is 0 Å². The first kappa shape index (κ1) is 9.73. The van der Waals surface area contributed by atoms with Gasteiger partial charge in [-0.25, -0.2) is 0 Å². The smallest absolute Gasteiger partial charge is 0.269 e. The highest BCUT2D eigenvalue weighted by molar-refractivity contribution is 7.83. The van der Waals surface area contributed by atoms with Gasteiger partial charge in [-0.1, -0.05) is 12.2 Å². The Balaban J connectivity index is 2.34. The Kier molecular flexibility index (Phi) is 2.36. The number of nitrogens with zero attached hydrogens (tertiary/aromatic N) is 1. The van der Waals surface area contributed by atoms with Gasteiger partial charge in [0.1, 0.15) is 0 Å². The van der Waals surface area contributed by atoms with Crippen LogP contribution in [0, 0.1) is 5.92 Å². The summed E-state index contributed by atoms with van der Waals surface area (Å²) in [7, 11) is -4.07. The predicted molar refractivity (Wildman–Crippen MR) is 52.8 cm³/mol. The first-order valence-corrected chi connectivity index (χ1v) is 6.10. The van der Waals surface area contributed by atoms with Crippen molar-refractivity contribution in [3.8, 4) is 0 Å². The van der Waals surface area contributed by atoms with Crippen molar-refractivity contribution in [2.75, 3.05) is 6.54 Å². The Hall–Kier alpha value is -0.810. The van der Waals surface area contributed by atoms with Crippen LogP contribution in [0.4, 0.5) is 0 Å². The minimum Gasteiger partial charge on any atom is -0.269 e. The molecular formula is C9H13NO3S. The lowest BCUT2D eigenvalue weighted by atomic mass is 9.89. The molecule has 0 spiro atoms. The molecule has 1 N–H and O–H groups in total. The average Bonchev–Trinajstić information content (AvgIpc) is 2.15. The van der Waals surface area contributed by atoms with E-state index in [0.29, 0.717) is 6.54 Å². The van der Waals surface area contributed by atoms with Crippen LogP contribution in [0.3, 0.4) is 0 Å². The van der Waals surface area contributed by atoms with Crippen LogP contribution in [-0.4, -0.2) is 23.8 Å². The molecular weight excluding hydrogens is 202 g/mol. The lowest BCUT2D eigenvalue weighted by molar-refractivity contribution is 0.305. The summed E-state index contributed by atoms with van der Waals surface area (Å²) in [6.45, 7) is 0.398. The third kappa shape index (κ3) is 1.69. The standard InChI is InChI=1S/C9H13NO3S/c11-14(12,13)10-7-3-5-8-4-1-2-6-9(8)10/h1-2,6,8H,3-5,7H2,(H,11,12,13). The van der Waals surface area contributed by atoms with Crippen molar-refractivity contribution in [2.45, 2.75) is 19.3 Å². The molecule has 0 aromatic carbocycles. The summed E-state index contributed by atoms with van der Waals surface area (Å²) >= 11 is 0. The van der Waals surface area contributed by atoms with E-state index in [4.69, 9.17) is 4.55 Å². The van der Waals surface area contributed by atoms with Gasteiger partial charge in [0.05, 0.1) is 0 Å². The molecule has 2 aliphatic rings. The number of piperidine rings is 1. The molecule has 0 amide bonds. The largest absolute Gasteiger partial charge is 0.359 e. The van der Waals surface area contributed by atoms with Crippen LogP contribution in [0.5, 0.6) is 0 Å². The van der Waals surface area contributed by atoms with Gasteiger partial charge in [-0.05, 0) is 25.3 Å². The minimum atomic E-state index is -4.07. The molecule has 2 rings (SSSR count). The van der Waals surface area contributed by atoms with Crippen LogP contribution >= 0.6 is 0 Å². The summed E-state index contributed by atoms with van der Waals surface area (Å²) in [6.07, 6.45) is 8.34. The highest BCUT2D eigenvalue weighted by atomic mass is 32.2. The molecule has 1 heterocycles. The lowest BCUT2D eigenvalue weighted by Crippen LogP contribution is -2.38. The van der Waals surface area contributed by atoms with Crippen LogP contribution in [-0.2, 0) is 10.3 Å². The van der Waals surface area contributed by atoms with Crippen LogP contribution in [0.25, 0.3) is 0 Å². The first-order valence-electron chi connectivity index (χ1n) is 4.71. The molecule has 0 radical (unpaired) electrons. The quantitative estimate of drug-likeness (QED) is 0.672. The molecule has 78 valence electrons. The highest BCUT2D eigenvalue weighted by Gasteiger charge is 2.31. The van der Waals surface area contributed by atoms with E-state index in [0.717, 1.165) is 29.3 Å². The van der Waals surface area contributed by atoms with E-state index in [1.54, 1.807) is 6.08 Å². The Labute approximate surface area is 83.8 Å². The van der Waals surface area contributed by atoms with Gasteiger partial charge >= 0.3 is 10.3 Å². The van der Waals surface area contributed by atoms with Gasteiger partial charge in [0.2, 0.25) is 0 Å². The van der Waals surface area contributed by atoms with E-state index >= 15 is 0 Å². The Morgan fingerprint density at radius 1 is 1.50 bits per heavy atom. The molecule has 1 atom stereocenters. The summed E-state index contributed by atoms with van der Waals surface area (Å²) in [5.41, 5.74) is 0.737. The molecule has 1 aliphatic heterocycles. The summed E-state index contributed by atoms with van der Waals surface area (Å²) in [4.78, 5) is 0. The number of allylic oxidation sites excluding steroid dienone is 4. The SMILES string of the molecule is O=S(=O)(O)N1CCCC2CC=CC=C21. The molecule has 14 heavy (non-hydrogen) atoms. The average molecular weight is 215 g/mol. The molecule has 4 nitrogen and oxygen atoms in total. The van der Waals surface area contributed by atoms with E-state index in [-0.39, 0.29) is 5.92 Å². The zero-order valence-corrected chi connectivity index (χ0v) is 8.57. The Bertz CT molecular complexity index is 383. The van der Waals surface area contributed by atoms with E-state index in [2.05, 4.69) is 0 Å². The second kappa shape index (κ2) is 3.40. The van der Waals surface area contributed by atoms with Crippen molar-refractivity contribution in [3.05, 3.63) is 23.9 Å². The topological polar surface area (TPSA) is 57.6 Å². The number of hydrogen-bond acceptors (Lipinski definition) is 2. The third-order valence-corrected chi connectivity index (χ3v) is 3.67. The van der Waals surface area contributed by atoms with Gasteiger partial charge in [-0.15, -0.1) is 0 Å². The van der Waals surface area contributed by atoms with Crippen molar-refractivity contribution in [1.82, 2.24) is 4.31 Å². The van der Waals surface area contributed by atoms with E-state index in [9.17, 15) is 8.42 Å². The van der Waals surface area contributed by atoms with Crippen molar-refractivity contribution >= 4 is 10.3 Å². The van der Waals surface area contributed by atoms with E-state index in [1.165, 1.54) is 0 Å². The lowest BCUT2D eigenvalue weighted by Gasteiger charge is -2.35. The minimum absolute atomic E-state index is 0.260. The summed E-state index contributed by atoms with van der Waals surface area (Å²) in [5.74, 6) is 0.260. The maximum atomic E-state index is 11.1. The summed E-state index contributed by atoms with van der Waals surface area (Å²) in [5, 5.41) is 0. The van der Waals surface area contributed by atoms with Crippen LogP contribution in [0.15, 0.2) is 23.9 Å². The second-order valence-electron chi connectivity index (χ2n) is 3.64. The molecule has 1 saturated heterocycles. The number of fused-ring (bicyclic) bond motifs is 1. The van der Waals surface area contributed by atoms with Crippen LogP contribution < -0.4 is 0 Å². The molecule has 1 aliphatic carbocycles. The maximum Gasteiger partial charge on any atom is 0.359 e. The van der Waals surface area contributed by atoms with Crippen molar-refractivity contribution in [1.29, 1.82) is 0 Å². The zero-order chi connectivity index (χ0) is 10.2. The fourth-order valence-electron chi connectivity index (χ4n) is 2.08. The van der Waals surface area contributed by atoms with Crippen molar-refractivity contribution < 1.29 is 13.0 Å². The zero-order valence-electron chi connectivity index (χ0n) is 7.76. The summed E-state index contributed by atoms with van der Waals surface area (Å²) < 4.78 is 32.2. The number of hydrogen-bond donors (Lipinski definition) is 1. The predicted octanol–water partition coefficient (Wildman–Crippen LogP) is 1.34. The van der Waals surface area contributed by atoms with Gasteiger partial charge < -0.3 is 0 Å². The first-order chi connectivity index (χ1) is 6.59. The molecule has 0 aromatic rings. The van der Waals surface area contributed by atoms with Crippen molar-refractivity contribution in [2.24, 2.45) is 5.92 Å². The van der Waals surface area contributed by atoms with Gasteiger partial charge in [0, 0.05) is 18.2 Å². The van der Waals surface area contributed by atoms with Gasteiger partial charge in [-0.2, -0.15) is 8.42 Å². The van der Waals surface area contributed by atoms with Gasteiger partial charge in [-0.3, -0.25) is 8.86 Å². The summed E-state index contributed by atoms with van der Waals surface area (Å²) in [6, 6.07) is 0. The van der Waals surface area contributed by atoms with Crippen molar-refractivity contribution in [3.63, 3.8) is 0 Å². The highest BCUT2D eigenvalue weighted by Crippen LogP contribution is 2.33. The fraction of sp³-hybridized carbons (Fsp3) is 0.556. The van der Waals surface area contributed by atoms with Crippen LogP contribution in [0.1, 0.15) is 19.3 Å². The second-order valence-corrected chi connectivity index (χ2v) is 4.98. The van der Waals surface area contributed by atoms with E-state index < -0.39 is 10.3 Å². The molecule has 1 fully saturated rings. The van der Waals surface area contributed by atoms with Crippen LogP contribution in [0.2, 0.25) is 0 Å². The third-order valence-electron chi connectivity index (χ3n) is 2.72. The molecule has 0 bridgehead atoms.